The van der Waals surface area contributed by atoms with E-state index < -0.39 is 0 Å². The van der Waals surface area contributed by atoms with Gasteiger partial charge in [-0.05, 0) is 113 Å². The molecule has 0 saturated heterocycles. The first kappa shape index (κ1) is 31.9. The Labute approximate surface area is 338 Å². The van der Waals surface area contributed by atoms with Crippen molar-refractivity contribution in [3.63, 3.8) is 0 Å². The minimum Gasteiger partial charge on any atom is -0.308 e. The van der Waals surface area contributed by atoms with Gasteiger partial charge in [0, 0.05) is 26.2 Å². The van der Waals surface area contributed by atoms with E-state index in [1.807, 2.05) is 11.3 Å². The van der Waals surface area contributed by atoms with Crippen LogP contribution in [-0.4, -0.2) is 4.57 Å². The molecular weight excluding hydrogens is 719 g/mol. The quantitative estimate of drug-likeness (QED) is 0.158. The van der Waals surface area contributed by atoms with Gasteiger partial charge in [0.1, 0.15) is 0 Å². The molecule has 0 unspecified atom stereocenters. The van der Waals surface area contributed by atoms with Crippen LogP contribution in [0.5, 0.6) is 0 Å². The van der Waals surface area contributed by atoms with E-state index in [-0.39, 0.29) is 0 Å². The summed E-state index contributed by atoms with van der Waals surface area (Å²) in [6.45, 7) is 0. The Balaban J connectivity index is 1.12. The number of hydrogen-bond acceptors (Lipinski definition) is 1. The van der Waals surface area contributed by atoms with E-state index in [1.54, 1.807) is 0 Å². The minimum atomic E-state index is 1.21. The Hall–Kier alpha value is -7.26. The van der Waals surface area contributed by atoms with Crippen LogP contribution in [0.2, 0.25) is 0 Å². The first-order valence-electron chi connectivity index (χ1n) is 20.0. The van der Waals surface area contributed by atoms with Gasteiger partial charge in [0.05, 0.1) is 21.4 Å². The van der Waals surface area contributed by atoms with E-state index in [0.29, 0.717) is 0 Å². The highest BCUT2D eigenvalue weighted by molar-refractivity contribution is 7.26. The molecule has 13 rings (SSSR count). The Morgan fingerprint density at radius 2 is 0.776 bits per heavy atom. The second-order valence-electron chi connectivity index (χ2n) is 15.6. The lowest BCUT2D eigenvalue weighted by molar-refractivity contribution is 1.20. The fourth-order valence-corrected chi connectivity index (χ4v) is 11.2. The highest BCUT2D eigenvalue weighted by Crippen LogP contribution is 2.46. The zero-order chi connectivity index (χ0) is 37.9. The summed E-state index contributed by atoms with van der Waals surface area (Å²) in [7, 11) is 0. The summed E-state index contributed by atoms with van der Waals surface area (Å²) in [5, 5.41) is 18.1. The molecule has 0 aliphatic rings. The third-order valence-electron chi connectivity index (χ3n) is 12.5. The van der Waals surface area contributed by atoms with Crippen molar-refractivity contribution in [1.29, 1.82) is 0 Å². The fraction of sp³-hybridized carbons (Fsp3) is 0. The van der Waals surface area contributed by atoms with Crippen LogP contribution in [0.3, 0.4) is 0 Å². The van der Waals surface area contributed by atoms with Crippen LogP contribution in [-0.2, 0) is 0 Å². The van der Waals surface area contributed by atoms with Crippen molar-refractivity contribution in [1.82, 2.24) is 4.57 Å². The number of nitrogens with zero attached hydrogens (tertiary/aromatic N) is 1. The van der Waals surface area contributed by atoms with Crippen LogP contribution in [0, 0.1) is 0 Å². The number of para-hydroxylation sites is 1. The Morgan fingerprint density at radius 3 is 1.55 bits per heavy atom. The fourth-order valence-electron chi connectivity index (χ4n) is 9.98. The Kier molecular flexibility index (Phi) is 6.66. The molecule has 0 bridgehead atoms. The number of hydrogen-bond donors (Lipinski definition) is 0. The molecule has 268 valence electrons. The van der Waals surface area contributed by atoms with Gasteiger partial charge in [-0.15, -0.1) is 11.3 Å². The van der Waals surface area contributed by atoms with E-state index in [1.165, 1.54) is 124 Å². The van der Waals surface area contributed by atoms with E-state index in [9.17, 15) is 0 Å². The van der Waals surface area contributed by atoms with Crippen LogP contribution in [0.15, 0.2) is 200 Å². The van der Waals surface area contributed by atoms with Gasteiger partial charge in [-0.1, -0.05) is 164 Å². The summed E-state index contributed by atoms with van der Waals surface area (Å²) in [5.41, 5.74) is 8.55. The number of benzene rings is 11. The number of thiophene rings is 1. The minimum absolute atomic E-state index is 1.21. The second-order valence-corrected chi connectivity index (χ2v) is 16.6. The van der Waals surface area contributed by atoms with E-state index in [4.69, 9.17) is 0 Å². The van der Waals surface area contributed by atoms with E-state index >= 15 is 0 Å². The summed E-state index contributed by atoms with van der Waals surface area (Å²) in [4.78, 5) is 0. The first-order valence-corrected chi connectivity index (χ1v) is 20.8. The van der Waals surface area contributed by atoms with E-state index in [0.717, 1.165) is 0 Å². The molecule has 0 aliphatic carbocycles. The molecule has 0 aliphatic heterocycles. The topological polar surface area (TPSA) is 4.93 Å². The monoisotopic (exact) mass is 751 g/mol. The molecule has 13 aromatic rings. The molecule has 2 aromatic heterocycles. The van der Waals surface area contributed by atoms with Gasteiger partial charge in [-0.3, -0.25) is 0 Å². The zero-order valence-electron chi connectivity index (χ0n) is 31.4. The second kappa shape index (κ2) is 12.1. The van der Waals surface area contributed by atoms with E-state index in [2.05, 4.69) is 205 Å². The van der Waals surface area contributed by atoms with Crippen molar-refractivity contribution in [2.24, 2.45) is 0 Å². The van der Waals surface area contributed by atoms with Crippen molar-refractivity contribution < 1.29 is 0 Å². The van der Waals surface area contributed by atoms with Crippen LogP contribution in [0.25, 0.3) is 124 Å². The first-order chi connectivity index (χ1) is 28.8. The van der Waals surface area contributed by atoms with Crippen molar-refractivity contribution in [2.75, 3.05) is 0 Å². The van der Waals surface area contributed by atoms with Crippen LogP contribution >= 0.6 is 11.3 Å². The molecule has 0 saturated carbocycles. The predicted octanol–water partition coefficient (Wildman–Crippen LogP) is 16.3. The van der Waals surface area contributed by atoms with Gasteiger partial charge < -0.3 is 4.57 Å². The third-order valence-corrected chi connectivity index (χ3v) is 13.7. The summed E-state index contributed by atoms with van der Waals surface area (Å²) in [6, 6.07) is 74.5. The SMILES string of the molecule is c1ccc(-c2ccc3c(c2)c2ccc(-c4ccc5c6ccccc6n(-c6cccc7c6sc6ccccc67)c5c4)cc2c2c4ccccc4c4ccccc4c32)cc1. The molecule has 0 spiro atoms. The van der Waals surface area contributed by atoms with Gasteiger partial charge in [0.2, 0.25) is 0 Å². The highest BCUT2D eigenvalue weighted by Gasteiger charge is 2.20. The molecule has 2 heterocycles. The van der Waals surface area contributed by atoms with Gasteiger partial charge in [0.15, 0.2) is 0 Å². The van der Waals surface area contributed by atoms with Crippen LogP contribution in [0.1, 0.15) is 0 Å². The molecule has 58 heavy (non-hydrogen) atoms. The standard InChI is InChI=1S/C56H33NS/c1-2-13-34(14-3-1)35-27-30-46-48(31-35)40-28-25-36(32-49(40)55-45-20-7-5-16-39(45)38-15-4-6-19-44(38)54(46)55)37-26-29-42-41-17-8-10-22-50(41)57(52(42)33-37)51-23-12-21-47-43-18-9-11-24-53(43)58-56(47)51/h1-33H. The van der Waals surface area contributed by atoms with Crippen molar-refractivity contribution in [3.8, 4) is 27.9 Å². The van der Waals surface area contributed by atoms with Gasteiger partial charge >= 0.3 is 0 Å². The molecule has 0 N–H and O–H groups in total. The summed E-state index contributed by atoms with van der Waals surface area (Å²) in [5.74, 6) is 0. The number of rotatable bonds is 3. The molecule has 0 fully saturated rings. The Bertz CT molecular complexity index is 3850. The van der Waals surface area contributed by atoms with Crippen LogP contribution < -0.4 is 0 Å². The number of aromatic nitrogens is 1. The maximum atomic E-state index is 2.50. The van der Waals surface area contributed by atoms with Crippen molar-refractivity contribution in [2.45, 2.75) is 0 Å². The van der Waals surface area contributed by atoms with Gasteiger partial charge in [-0.2, -0.15) is 0 Å². The lowest BCUT2D eigenvalue weighted by Crippen LogP contribution is -1.94. The third kappa shape index (κ3) is 4.46. The predicted molar refractivity (Wildman–Crippen MR) is 252 cm³/mol. The lowest BCUT2D eigenvalue weighted by atomic mass is 9.85. The summed E-state index contributed by atoms with van der Waals surface area (Å²) in [6.07, 6.45) is 0. The van der Waals surface area contributed by atoms with Crippen molar-refractivity contribution in [3.05, 3.63) is 200 Å². The average Bonchev–Trinajstić information content (AvgIpc) is 3.84. The highest BCUT2D eigenvalue weighted by atomic mass is 32.1. The molecule has 0 atom stereocenters. The van der Waals surface area contributed by atoms with Crippen LogP contribution in [0.4, 0.5) is 0 Å². The zero-order valence-corrected chi connectivity index (χ0v) is 32.2. The molecule has 0 amide bonds. The maximum absolute atomic E-state index is 2.50. The molecule has 11 aromatic carbocycles. The molecule has 0 radical (unpaired) electrons. The number of fused-ring (bicyclic) bond motifs is 17. The smallest absolute Gasteiger partial charge is 0.0640 e. The normalized spacial score (nSPS) is 12.1. The van der Waals surface area contributed by atoms with Crippen molar-refractivity contribution >= 4 is 107 Å². The lowest BCUT2D eigenvalue weighted by Gasteiger charge is -2.18. The molecule has 1 nitrogen and oxygen atoms in total. The average molecular weight is 752 g/mol. The maximum Gasteiger partial charge on any atom is 0.0640 e. The van der Waals surface area contributed by atoms with Gasteiger partial charge in [0.25, 0.3) is 0 Å². The molecular formula is C56H33NS. The Morgan fingerprint density at radius 1 is 0.276 bits per heavy atom. The largest absolute Gasteiger partial charge is 0.308 e. The molecule has 2 heteroatoms. The summed E-state index contributed by atoms with van der Waals surface area (Å²) < 4.78 is 5.13. The van der Waals surface area contributed by atoms with Gasteiger partial charge in [-0.25, -0.2) is 0 Å². The summed E-state index contributed by atoms with van der Waals surface area (Å²) >= 11 is 1.89.